The lowest BCUT2D eigenvalue weighted by atomic mass is 10.2. The van der Waals surface area contributed by atoms with Gasteiger partial charge in [0.2, 0.25) is 0 Å². The van der Waals surface area contributed by atoms with Crippen LogP contribution in [-0.4, -0.2) is 26.7 Å². The van der Waals surface area contributed by atoms with Crippen molar-refractivity contribution in [3.05, 3.63) is 45.6 Å². The summed E-state index contributed by atoms with van der Waals surface area (Å²) in [7, 11) is -3.70. The number of anilines is 1. The maximum atomic E-state index is 12.5. The second-order valence-corrected chi connectivity index (χ2v) is 8.91. The Labute approximate surface area is 157 Å². The Hall–Kier alpha value is -2.19. The van der Waals surface area contributed by atoms with Gasteiger partial charge in [0, 0.05) is 23.5 Å². The molecule has 2 heterocycles. The van der Waals surface area contributed by atoms with Crippen LogP contribution in [0.1, 0.15) is 39.9 Å². The third-order valence-electron chi connectivity index (χ3n) is 4.09. The minimum Gasteiger partial charge on any atom is -0.321 e. The first-order valence-corrected chi connectivity index (χ1v) is 10.8. The van der Waals surface area contributed by atoms with Crippen molar-refractivity contribution in [2.45, 2.75) is 38.0 Å². The van der Waals surface area contributed by atoms with Crippen LogP contribution in [-0.2, 0) is 16.4 Å². The highest BCUT2D eigenvalue weighted by atomic mass is 32.2. The summed E-state index contributed by atoms with van der Waals surface area (Å²) in [6.45, 7) is 4.68. The number of amidine groups is 1. The molecule has 8 heteroatoms. The molecule has 1 aliphatic heterocycles. The van der Waals surface area contributed by atoms with E-state index in [4.69, 9.17) is 0 Å². The summed E-state index contributed by atoms with van der Waals surface area (Å²) in [5.74, 6) is 0.251. The lowest BCUT2D eigenvalue weighted by Gasteiger charge is -2.09. The average Bonchev–Trinajstić information content (AvgIpc) is 3.24. The molecule has 2 aromatic rings. The topological polar surface area (TPSA) is 87.6 Å². The molecule has 1 aromatic carbocycles. The molecule has 0 saturated carbocycles. The van der Waals surface area contributed by atoms with Gasteiger partial charge in [-0.3, -0.25) is 14.5 Å². The van der Waals surface area contributed by atoms with E-state index in [1.165, 1.54) is 28.3 Å². The Morgan fingerprint density at radius 1 is 1.31 bits per heavy atom. The van der Waals surface area contributed by atoms with Gasteiger partial charge in [-0.15, -0.1) is 11.3 Å². The molecule has 138 valence electrons. The number of carbonyl (C=O) groups excluding carboxylic acids is 1. The minimum absolute atomic E-state index is 0.0986. The van der Waals surface area contributed by atoms with Crippen LogP contribution in [0.25, 0.3) is 0 Å². The fraction of sp³-hybridized carbons (Fsp3) is 0.333. The maximum absolute atomic E-state index is 12.5. The standard InChI is InChI=1S/C18H21N3O3S2/c1-3-15-12(2)10-16(25-15)18(22)20-13-6-4-7-14(11-13)26(23,24)21-17-8-5-9-19-17/h4,6-7,10-11H,3,5,8-9H2,1-2H3,(H,19,21)(H,20,22). The number of aliphatic imine (C=N–C) groups is 1. The van der Waals surface area contributed by atoms with Crippen LogP contribution in [0.3, 0.4) is 0 Å². The first-order chi connectivity index (χ1) is 12.4. The number of nitrogens with zero attached hydrogens (tertiary/aromatic N) is 1. The monoisotopic (exact) mass is 391 g/mol. The van der Waals surface area contributed by atoms with Crippen molar-refractivity contribution >= 4 is 38.8 Å². The third kappa shape index (κ3) is 4.13. The number of hydrogen-bond donors (Lipinski definition) is 2. The predicted octanol–water partition coefficient (Wildman–Crippen LogP) is 3.34. The third-order valence-corrected chi connectivity index (χ3v) is 6.85. The SMILES string of the molecule is CCc1sc(C(=O)Nc2cccc(S(=O)(=O)NC3=NCCC3)c2)cc1C. The van der Waals surface area contributed by atoms with E-state index in [1.54, 1.807) is 12.1 Å². The molecule has 0 aliphatic carbocycles. The molecule has 0 saturated heterocycles. The number of nitrogens with one attached hydrogen (secondary N) is 2. The molecule has 1 amide bonds. The Bertz CT molecular complexity index is 962. The molecular weight excluding hydrogens is 370 g/mol. The molecule has 1 aliphatic rings. The second kappa shape index (κ2) is 7.59. The van der Waals surface area contributed by atoms with Crippen LogP contribution in [0.5, 0.6) is 0 Å². The van der Waals surface area contributed by atoms with Gasteiger partial charge in [-0.1, -0.05) is 13.0 Å². The molecule has 0 atom stereocenters. The van der Waals surface area contributed by atoms with Crippen molar-refractivity contribution in [3.63, 3.8) is 0 Å². The number of carbonyl (C=O) groups is 1. The van der Waals surface area contributed by atoms with E-state index in [0.717, 1.165) is 18.4 Å². The number of rotatable bonds is 5. The van der Waals surface area contributed by atoms with Crippen LogP contribution >= 0.6 is 11.3 Å². The summed E-state index contributed by atoms with van der Waals surface area (Å²) in [6, 6.07) is 8.09. The summed E-state index contributed by atoms with van der Waals surface area (Å²) in [6.07, 6.45) is 2.37. The Morgan fingerprint density at radius 2 is 2.12 bits per heavy atom. The molecule has 0 fully saturated rings. The molecule has 26 heavy (non-hydrogen) atoms. The van der Waals surface area contributed by atoms with Crippen molar-refractivity contribution in [2.75, 3.05) is 11.9 Å². The number of sulfonamides is 1. The van der Waals surface area contributed by atoms with Gasteiger partial charge in [0.25, 0.3) is 15.9 Å². The second-order valence-electron chi connectivity index (χ2n) is 6.09. The van der Waals surface area contributed by atoms with Gasteiger partial charge < -0.3 is 5.32 Å². The highest BCUT2D eigenvalue weighted by Crippen LogP contribution is 2.24. The molecular formula is C18H21N3O3S2. The zero-order valence-electron chi connectivity index (χ0n) is 14.7. The summed E-state index contributed by atoms with van der Waals surface area (Å²) >= 11 is 1.46. The van der Waals surface area contributed by atoms with Gasteiger partial charge in [-0.05, 0) is 49.6 Å². The molecule has 1 aromatic heterocycles. The van der Waals surface area contributed by atoms with E-state index < -0.39 is 10.0 Å². The zero-order valence-corrected chi connectivity index (χ0v) is 16.3. The number of hydrogen-bond acceptors (Lipinski definition) is 5. The van der Waals surface area contributed by atoms with E-state index in [0.29, 0.717) is 29.4 Å². The van der Waals surface area contributed by atoms with E-state index >= 15 is 0 Å². The number of aryl methyl sites for hydroxylation is 2. The van der Waals surface area contributed by atoms with E-state index in [9.17, 15) is 13.2 Å². The van der Waals surface area contributed by atoms with Crippen molar-refractivity contribution in [1.29, 1.82) is 0 Å². The molecule has 0 spiro atoms. The van der Waals surface area contributed by atoms with E-state index in [1.807, 2.05) is 13.0 Å². The van der Waals surface area contributed by atoms with Crippen LogP contribution < -0.4 is 10.0 Å². The lowest BCUT2D eigenvalue weighted by Crippen LogP contribution is -2.29. The molecule has 0 radical (unpaired) electrons. The normalized spacial score (nSPS) is 14.2. The Kier molecular flexibility index (Phi) is 5.43. The molecule has 2 N–H and O–H groups in total. The first kappa shape index (κ1) is 18.6. The van der Waals surface area contributed by atoms with Crippen molar-refractivity contribution in [3.8, 4) is 0 Å². The fourth-order valence-corrected chi connectivity index (χ4v) is 4.90. The minimum atomic E-state index is -3.70. The van der Waals surface area contributed by atoms with Gasteiger partial charge in [0.05, 0.1) is 9.77 Å². The Balaban J connectivity index is 1.77. The molecule has 0 bridgehead atoms. The number of benzene rings is 1. The molecule has 3 rings (SSSR count). The molecule has 0 unspecified atom stereocenters. The van der Waals surface area contributed by atoms with Gasteiger partial charge in [0.1, 0.15) is 5.84 Å². The van der Waals surface area contributed by atoms with Crippen LogP contribution in [0.2, 0.25) is 0 Å². The molecule has 6 nitrogen and oxygen atoms in total. The Morgan fingerprint density at radius 3 is 2.77 bits per heavy atom. The lowest BCUT2D eigenvalue weighted by molar-refractivity contribution is 0.103. The summed E-state index contributed by atoms with van der Waals surface area (Å²) in [4.78, 5) is 18.5. The highest BCUT2D eigenvalue weighted by Gasteiger charge is 2.19. The van der Waals surface area contributed by atoms with Crippen LogP contribution in [0.4, 0.5) is 5.69 Å². The first-order valence-electron chi connectivity index (χ1n) is 8.46. The zero-order chi connectivity index (χ0) is 18.7. The van der Waals surface area contributed by atoms with Gasteiger partial charge in [-0.2, -0.15) is 0 Å². The number of amides is 1. The largest absolute Gasteiger partial charge is 0.321 e. The number of thiophene rings is 1. The average molecular weight is 392 g/mol. The van der Waals surface area contributed by atoms with Crippen LogP contribution in [0.15, 0.2) is 40.2 Å². The maximum Gasteiger partial charge on any atom is 0.265 e. The van der Waals surface area contributed by atoms with Gasteiger partial charge in [-0.25, -0.2) is 8.42 Å². The van der Waals surface area contributed by atoms with Crippen molar-refractivity contribution < 1.29 is 13.2 Å². The highest BCUT2D eigenvalue weighted by molar-refractivity contribution is 7.90. The van der Waals surface area contributed by atoms with Gasteiger partial charge >= 0.3 is 0 Å². The summed E-state index contributed by atoms with van der Waals surface area (Å²) in [5.41, 5.74) is 1.54. The predicted molar refractivity (Wildman–Crippen MR) is 105 cm³/mol. The smallest absolute Gasteiger partial charge is 0.265 e. The van der Waals surface area contributed by atoms with Crippen LogP contribution in [0, 0.1) is 6.92 Å². The van der Waals surface area contributed by atoms with E-state index in [-0.39, 0.29) is 10.8 Å². The fourth-order valence-electron chi connectivity index (χ4n) is 2.75. The summed E-state index contributed by atoms with van der Waals surface area (Å²) < 4.78 is 27.5. The summed E-state index contributed by atoms with van der Waals surface area (Å²) in [5, 5.41) is 2.78. The van der Waals surface area contributed by atoms with E-state index in [2.05, 4.69) is 22.0 Å². The van der Waals surface area contributed by atoms with Crippen molar-refractivity contribution in [2.24, 2.45) is 4.99 Å². The van der Waals surface area contributed by atoms with Crippen molar-refractivity contribution in [1.82, 2.24) is 4.72 Å². The van der Waals surface area contributed by atoms with Gasteiger partial charge in [0.15, 0.2) is 0 Å². The quantitative estimate of drug-likeness (QED) is 0.819.